The van der Waals surface area contributed by atoms with Crippen LogP contribution in [-0.4, -0.2) is 33.8 Å². The van der Waals surface area contributed by atoms with Crippen LogP contribution in [0.1, 0.15) is 49.0 Å². The van der Waals surface area contributed by atoms with Gasteiger partial charge in [0.2, 0.25) is 11.8 Å². The van der Waals surface area contributed by atoms with Crippen LogP contribution in [0.4, 0.5) is 0 Å². The summed E-state index contributed by atoms with van der Waals surface area (Å²) in [5.41, 5.74) is 0.230. The Morgan fingerprint density at radius 1 is 1.33 bits per heavy atom. The van der Waals surface area contributed by atoms with Gasteiger partial charge in [-0.25, -0.2) is 4.98 Å². The molecule has 2 heterocycles. The zero-order valence-electron chi connectivity index (χ0n) is 14.4. The van der Waals surface area contributed by atoms with Gasteiger partial charge in [0, 0.05) is 17.0 Å². The molecule has 0 saturated carbocycles. The Kier molecular flexibility index (Phi) is 6.14. The summed E-state index contributed by atoms with van der Waals surface area (Å²) in [6, 6.07) is 3.91. The number of rotatable bonds is 7. The number of carbonyl (C=O) groups is 2. The predicted octanol–water partition coefficient (Wildman–Crippen LogP) is 2.85. The van der Waals surface area contributed by atoms with Crippen LogP contribution in [0.15, 0.2) is 28.2 Å². The third-order valence-electron chi connectivity index (χ3n) is 3.36. The van der Waals surface area contributed by atoms with Crippen LogP contribution in [-0.2, 0) is 17.8 Å². The van der Waals surface area contributed by atoms with Gasteiger partial charge < -0.3 is 14.6 Å². The highest BCUT2D eigenvalue weighted by molar-refractivity contribution is 7.10. The number of hydrogen-bond donors (Lipinski definition) is 1. The molecule has 2 aromatic rings. The van der Waals surface area contributed by atoms with Crippen molar-refractivity contribution in [2.24, 2.45) is 0 Å². The molecular formula is C17H23N3O3S. The Morgan fingerprint density at radius 2 is 2.08 bits per heavy atom. The first kappa shape index (κ1) is 18.2. The standard InChI is InChI=1S/C17H23N3O3S/c1-11(2)18-17(22)14-10-23-15(19-14)9-20(12(3)4)16(21)8-13-6-5-7-24-13/h5-7,10-12H,8-9H2,1-4H3,(H,18,22). The minimum Gasteiger partial charge on any atom is -0.446 e. The van der Waals surface area contributed by atoms with Gasteiger partial charge in [0.05, 0.1) is 13.0 Å². The average Bonchev–Trinajstić information content (AvgIpc) is 3.14. The second kappa shape index (κ2) is 8.10. The number of hydrogen-bond acceptors (Lipinski definition) is 5. The molecule has 0 aliphatic carbocycles. The Bertz CT molecular complexity index is 677. The van der Waals surface area contributed by atoms with Crippen LogP contribution < -0.4 is 5.32 Å². The van der Waals surface area contributed by atoms with E-state index in [1.165, 1.54) is 6.26 Å². The topological polar surface area (TPSA) is 75.4 Å². The minimum absolute atomic E-state index is 0.0114. The van der Waals surface area contributed by atoms with Crippen molar-refractivity contribution in [1.82, 2.24) is 15.2 Å². The molecule has 2 amide bonds. The molecule has 0 aliphatic rings. The number of nitrogens with zero attached hydrogens (tertiary/aromatic N) is 2. The van der Waals surface area contributed by atoms with Gasteiger partial charge in [-0.15, -0.1) is 11.3 Å². The van der Waals surface area contributed by atoms with Crippen molar-refractivity contribution < 1.29 is 14.0 Å². The second-order valence-electron chi connectivity index (χ2n) is 6.13. The van der Waals surface area contributed by atoms with Crippen LogP contribution in [0.5, 0.6) is 0 Å². The quantitative estimate of drug-likeness (QED) is 0.834. The Labute approximate surface area is 145 Å². The minimum atomic E-state index is -0.277. The molecule has 130 valence electrons. The van der Waals surface area contributed by atoms with E-state index in [1.54, 1.807) is 16.2 Å². The maximum atomic E-state index is 12.5. The fourth-order valence-electron chi connectivity index (χ4n) is 2.19. The van der Waals surface area contributed by atoms with Gasteiger partial charge in [-0.2, -0.15) is 0 Å². The van der Waals surface area contributed by atoms with Crippen molar-refractivity contribution in [3.63, 3.8) is 0 Å². The summed E-state index contributed by atoms with van der Waals surface area (Å²) >= 11 is 1.56. The molecule has 1 N–H and O–H groups in total. The van der Waals surface area contributed by atoms with Crippen LogP contribution in [0.2, 0.25) is 0 Å². The largest absolute Gasteiger partial charge is 0.446 e. The molecule has 0 saturated heterocycles. The Balaban J connectivity index is 2.04. The predicted molar refractivity (Wildman–Crippen MR) is 92.8 cm³/mol. The summed E-state index contributed by atoms with van der Waals surface area (Å²) in [4.78, 5) is 31.4. The maximum Gasteiger partial charge on any atom is 0.273 e. The van der Waals surface area contributed by atoms with Gasteiger partial charge in [-0.1, -0.05) is 6.07 Å². The lowest BCUT2D eigenvalue weighted by Crippen LogP contribution is -2.37. The number of amides is 2. The third kappa shape index (κ3) is 4.92. The molecule has 0 atom stereocenters. The normalized spacial score (nSPS) is 11.1. The van der Waals surface area contributed by atoms with Gasteiger partial charge in [-0.05, 0) is 39.1 Å². The first-order valence-corrected chi connectivity index (χ1v) is 8.82. The summed E-state index contributed by atoms with van der Waals surface area (Å²) < 4.78 is 5.37. The van der Waals surface area contributed by atoms with Gasteiger partial charge in [0.1, 0.15) is 6.26 Å². The summed E-state index contributed by atoms with van der Waals surface area (Å²) in [5.74, 6) is 0.0944. The van der Waals surface area contributed by atoms with E-state index in [-0.39, 0.29) is 36.1 Å². The smallest absolute Gasteiger partial charge is 0.273 e. The lowest BCUT2D eigenvalue weighted by atomic mass is 10.2. The monoisotopic (exact) mass is 349 g/mol. The molecule has 2 rings (SSSR count). The number of oxazole rings is 1. The summed E-state index contributed by atoms with van der Waals surface area (Å²) in [5, 5.41) is 4.71. The molecule has 0 radical (unpaired) electrons. The molecule has 0 spiro atoms. The number of nitrogens with one attached hydrogen (secondary N) is 1. The first-order chi connectivity index (χ1) is 11.4. The van der Waals surface area contributed by atoms with E-state index in [0.29, 0.717) is 12.3 Å². The molecule has 0 unspecified atom stereocenters. The van der Waals surface area contributed by atoms with Crippen molar-refractivity contribution >= 4 is 23.2 Å². The summed E-state index contributed by atoms with van der Waals surface area (Å²) in [6.45, 7) is 7.89. The van der Waals surface area contributed by atoms with E-state index in [1.807, 2.05) is 45.2 Å². The Morgan fingerprint density at radius 3 is 2.67 bits per heavy atom. The number of aromatic nitrogens is 1. The van der Waals surface area contributed by atoms with E-state index in [4.69, 9.17) is 4.42 Å². The van der Waals surface area contributed by atoms with E-state index < -0.39 is 0 Å². The highest BCUT2D eigenvalue weighted by Crippen LogP contribution is 2.14. The molecule has 7 heteroatoms. The lowest BCUT2D eigenvalue weighted by molar-refractivity contribution is -0.133. The van der Waals surface area contributed by atoms with E-state index >= 15 is 0 Å². The van der Waals surface area contributed by atoms with Crippen molar-refractivity contribution in [3.8, 4) is 0 Å². The molecule has 6 nitrogen and oxygen atoms in total. The fraction of sp³-hybridized carbons (Fsp3) is 0.471. The number of carbonyl (C=O) groups excluding carboxylic acids is 2. The van der Waals surface area contributed by atoms with Gasteiger partial charge in [0.15, 0.2) is 5.69 Å². The summed E-state index contributed by atoms with van der Waals surface area (Å²) in [6.07, 6.45) is 1.69. The maximum absolute atomic E-state index is 12.5. The van der Waals surface area contributed by atoms with Crippen LogP contribution in [0.25, 0.3) is 0 Å². The highest BCUT2D eigenvalue weighted by Gasteiger charge is 2.21. The average molecular weight is 349 g/mol. The molecule has 0 fully saturated rings. The van der Waals surface area contributed by atoms with Crippen molar-refractivity contribution in [2.45, 2.75) is 52.7 Å². The molecule has 0 bridgehead atoms. The van der Waals surface area contributed by atoms with Crippen LogP contribution in [0.3, 0.4) is 0 Å². The van der Waals surface area contributed by atoms with E-state index in [9.17, 15) is 9.59 Å². The van der Waals surface area contributed by atoms with Crippen molar-refractivity contribution in [3.05, 3.63) is 40.2 Å². The SMILES string of the molecule is CC(C)NC(=O)c1coc(CN(C(=O)Cc2cccs2)C(C)C)n1. The van der Waals surface area contributed by atoms with Gasteiger partial charge in [0.25, 0.3) is 5.91 Å². The van der Waals surface area contributed by atoms with Crippen LogP contribution >= 0.6 is 11.3 Å². The second-order valence-corrected chi connectivity index (χ2v) is 7.16. The molecule has 0 aromatic carbocycles. The zero-order valence-corrected chi connectivity index (χ0v) is 15.2. The zero-order chi connectivity index (χ0) is 17.7. The lowest BCUT2D eigenvalue weighted by Gasteiger charge is -2.25. The molecular weight excluding hydrogens is 326 g/mol. The van der Waals surface area contributed by atoms with Crippen LogP contribution in [0, 0.1) is 0 Å². The molecule has 0 aliphatic heterocycles. The highest BCUT2D eigenvalue weighted by atomic mass is 32.1. The van der Waals surface area contributed by atoms with Gasteiger partial charge in [-0.3, -0.25) is 9.59 Å². The van der Waals surface area contributed by atoms with Gasteiger partial charge >= 0.3 is 0 Å². The van der Waals surface area contributed by atoms with E-state index in [0.717, 1.165) is 4.88 Å². The third-order valence-corrected chi connectivity index (χ3v) is 4.24. The van der Waals surface area contributed by atoms with Crippen molar-refractivity contribution in [1.29, 1.82) is 0 Å². The summed E-state index contributed by atoms with van der Waals surface area (Å²) in [7, 11) is 0. The van der Waals surface area contributed by atoms with Crippen molar-refractivity contribution in [2.75, 3.05) is 0 Å². The molecule has 2 aromatic heterocycles. The first-order valence-electron chi connectivity index (χ1n) is 7.94. The van der Waals surface area contributed by atoms with E-state index in [2.05, 4.69) is 10.3 Å². The number of thiophene rings is 1. The Hall–Kier alpha value is -2.15. The fourth-order valence-corrected chi connectivity index (χ4v) is 2.89. The molecule has 24 heavy (non-hydrogen) atoms.